The molecule has 0 spiro atoms. The van der Waals surface area contributed by atoms with Crippen LogP contribution in [0.25, 0.3) is 20.8 Å². The van der Waals surface area contributed by atoms with Crippen LogP contribution in [0.2, 0.25) is 0 Å². The lowest BCUT2D eigenvalue weighted by atomic mass is 10.2. The molecule has 0 atom stereocenters. The summed E-state index contributed by atoms with van der Waals surface area (Å²) in [5.74, 6) is 0.308. The van der Waals surface area contributed by atoms with Crippen LogP contribution in [0.15, 0.2) is 42.5 Å². The van der Waals surface area contributed by atoms with Crippen molar-refractivity contribution in [3.63, 3.8) is 0 Å². The van der Waals surface area contributed by atoms with Crippen molar-refractivity contribution >= 4 is 44.1 Å². The molecular formula is C13H8INOS. The topological polar surface area (TPSA) is 33.1 Å². The Morgan fingerprint density at radius 2 is 1.94 bits per heavy atom. The first kappa shape index (κ1) is 11.0. The molecule has 4 heteroatoms. The van der Waals surface area contributed by atoms with Crippen LogP contribution in [-0.4, -0.2) is 10.1 Å². The summed E-state index contributed by atoms with van der Waals surface area (Å²) in [7, 11) is 0. The van der Waals surface area contributed by atoms with Crippen molar-refractivity contribution in [2.24, 2.45) is 0 Å². The normalized spacial score (nSPS) is 10.9. The number of aromatic hydroxyl groups is 1. The van der Waals surface area contributed by atoms with Crippen molar-refractivity contribution in [3.8, 4) is 16.3 Å². The van der Waals surface area contributed by atoms with Gasteiger partial charge < -0.3 is 5.11 Å². The fourth-order valence-corrected chi connectivity index (χ4v) is 2.94. The zero-order chi connectivity index (χ0) is 11.8. The molecule has 2 aromatic carbocycles. The van der Waals surface area contributed by atoms with Gasteiger partial charge in [0.1, 0.15) is 10.8 Å². The number of nitrogens with zero attached hydrogens (tertiary/aromatic N) is 1. The Morgan fingerprint density at radius 1 is 1.12 bits per heavy atom. The lowest BCUT2D eigenvalue weighted by molar-refractivity contribution is 0.472. The summed E-state index contributed by atoms with van der Waals surface area (Å²) in [5.41, 5.74) is 1.97. The first-order valence-electron chi connectivity index (χ1n) is 5.08. The van der Waals surface area contributed by atoms with Gasteiger partial charge in [0.15, 0.2) is 0 Å². The lowest BCUT2D eigenvalue weighted by Gasteiger charge is -1.99. The van der Waals surface area contributed by atoms with Crippen molar-refractivity contribution in [2.75, 3.05) is 0 Å². The number of halogens is 1. The molecule has 0 radical (unpaired) electrons. The Hall–Kier alpha value is -1.14. The molecule has 0 aliphatic heterocycles. The fraction of sp³-hybridized carbons (Fsp3) is 0. The van der Waals surface area contributed by atoms with Gasteiger partial charge in [-0.05, 0) is 46.9 Å². The van der Waals surface area contributed by atoms with Gasteiger partial charge in [0.2, 0.25) is 0 Å². The van der Waals surface area contributed by atoms with Gasteiger partial charge in [-0.25, -0.2) is 4.98 Å². The van der Waals surface area contributed by atoms with E-state index in [1.807, 2.05) is 30.3 Å². The van der Waals surface area contributed by atoms with Crippen LogP contribution in [0.3, 0.4) is 0 Å². The molecule has 1 N–H and O–H groups in total. The maximum Gasteiger partial charge on any atom is 0.129 e. The summed E-state index contributed by atoms with van der Waals surface area (Å²) in [4.78, 5) is 4.56. The van der Waals surface area contributed by atoms with Crippen molar-refractivity contribution in [2.45, 2.75) is 0 Å². The van der Waals surface area contributed by atoms with Crippen molar-refractivity contribution < 1.29 is 5.11 Å². The minimum absolute atomic E-state index is 0.308. The first-order chi connectivity index (χ1) is 8.24. The SMILES string of the molecule is Oc1cc(-c2nc3ccccc3s2)ccc1I. The van der Waals surface area contributed by atoms with Crippen LogP contribution in [-0.2, 0) is 0 Å². The average molecular weight is 353 g/mol. The number of phenolic OH excluding ortho intramolecular Hbond substituents is 1. The van der Waals surface area contributed by atoms with E-state index in [-0.39, 0.29) is 0 Å². The molecule has 84 valence electrons. The fourth-order valence-electron chi connectivity index (χ4n) is 1.64. The van der Waals surface area contributed by atoms with Gasteiger partial charge in [-0.2, -0.15) is 0 Å². The zero-order valence-corrected chi connectivity index (χ0v) is 11.7. The number of para-hydroxylation sites is 1. The number of rotatable bonds is 1. The molecule has 0 aliphatic carbocycles. The van der Waals surface area contributed by atoms with Crippen LogP contribution in [0.5, 0.6) is 5.75 Å². The molecule has 1 heterocycles. The van der Waals surface area contributed by atoms with Crippen LogP contribution < -0.4 is 0 Å². The summed E-state index contributed by atoms with van der Waals surface area (Å²) in [5, 5.41) is 10.6. The summed E-state index contributed by atoms with van der Waals surface area (Å²) < 4.78 is 2.02. The van der Waals surface area contributed by atoms with E-state index in [0.717, 1.165) is 19.7 Å². The molecule has 17 heavy (non-hydrogen) atoms. The molecule has 0 fully saturated rings. The number of hydrogen-bond acceptors (Lipinski definition) is 3. The smallest absolute Gasteiger partial charge is 0.129 e. The highest BCUT2D eigenvalue weighted by Crippen LogP contribution is 2.32. The summed E-state index contributed by atoms with van der Waals surface area (Å²) in [6, 6.07) is 13.7. The highest BCUT2D eigenvalue weighted by atomic mass is 127. The highest BCUT2D eigenvalue weighted by molar-refractivity contribution is 14.1. The average Bonchev–Trinajstić information content (AvgIpc) is 2.76. The number of benzene rings is 2. The van der Waals surface area contributed by atoms with Crippen LogP contribution in [0, 0.1) is 3.57 Å². The Bertz CT molecular complexity index is 660. The molecule has 3 rings (SSSR count). The standard InChI is InChI=1S/C13H8INOS/c14-9-6-5-8(7-11(9)16)13-15-10-3-1-2-4-12(10)17-13/h1-7,16H. The third kappa shape index (κ3) is 2.02. The van der Waals surface area contributed by atoms with E-state index >= 15 is 0 Å². The Kier molecular flexibility index (Phi) is 2.76. The molecule has 3 aromatic rings. The largest absolute Gasteiger partial charge is 0.507 e. The van der Waals surface area contributed by atoms with E-state index in [4.69, 9.17) is 0 Å². The monoisotopic (exact) mass is 353 g/mol. The third-order valence-corrected chi connectivity index (χ3v) is 4.48. The molecule has 2 nitrogen and oxygen atoms in total. The quantitative estimate of drug-likeness (QED) is 0.663. The van der Waals surface area contributed by atoms with E-state index in [0.29, 0.717) is 5.75 Å². The van der Waals surface area contributed by atoms with Gasteiger partial charge in [0.05, 0.1) is 13.8 Å². The minimum atomic E-state index is 0.308. The second kappa shape index (κ2) is 4.27. The van der Waals surface area contributed by atoms with Gasteiger partial charge in [-0.3, -0.25) is 0 Å². The zero-order valence-electron chi connectivity index (χ0n) is 8.72. The van der Waals surface area contributed by atoms with E-state index in [1.54, 1.807) is 17.4 Å². The minimum Gasteiger partial charge on any atom is -0.507 e. The number of hydrogen-bond donors (Lipinski definition) is 1. The predicted octanol–water partition coefficient (Wildman–Crippen LogP) is 4.27. The molecule has 0 amide bonds. The molecule has 0 saturated heterocycles. The van der Waals surface area contributed by atoms with Crippen molar-refractivity contribution in [3.05, 3.63) is 46.0 Å². The second-order valence-corrected chi connectivity index (χ2v) is 5.85. The molecular weight excluding hydrogens is 345 g/mol. The number of fused-ring (bicyclic) bond motifs is 1. The van der Waals surface area contributed by atoms with Gasteiger partial charge >= 0.3 is 0 Å². The highest BCUT2D eigenvalue weighted by Gasteiger charge is 2.07. The maximum atomic E-state index is 9.71. The van der Waals surface area contributed by atoms with Crippen LogP contribution in [0.4, 0.5) is 0 Å². The van der Waals surface area contributed by atoms with Gasteiger partial charge in [-0.15, -0.1) is 11.3 Å². The Balaban J connectivity index is 2.17. The van der Waals surface area contributed by atoms with Gasteiger partial charge in [-0.1, -0.05) is 18.2 Å². The van der Waals surface area contributed by atoms with Crippen molar-refractivity contribution in [1.82, 2.24) is 4.98 Å². The Morgan fingerprint density at radius 3 is 2.71 bits per heavy atom. The van der Waals surface area contributed by atoms with Crippen molar-refractivity contribution in [1.29, 1.82) is 0 Å². The maximum absolute atomic E-state index is 9.71. The van der Waals surface area contributed by atoms with Crippen LogP contribution >= 0.6 is 33.9 Å². The Labute approximate surface area is 116 Å². The van der Waals surface area contributed by atoms with E-state index in [1.165, 1.54) is 4.70 Å². The third-order valence-electron chi connectivity index (χ3n) is 2.49. The van der Waals surface area contributed by atoms with E-state index in [9.17, 15) is 5.11 Å². The number of thiazole rings is 1. The molecule has 1 aromatic heterocycles. The van der Waals surface area contributed by atoms with Crippen LogP contribution in [0.1, 0.15) is 0 Å². The first-order valence-corrected chi connectivity index (χ1v) is 6.98. The summed E-state index contributed by atoms with van der Waals surface area (Å²) in [6.07, 6.45) is 0. The molecule has 0 bridgehead atoms. The lowest BCUT2D eigenvalue weighted by Crippen LogP contribution is -1.78. The van der Waals surface area contributed by atoms with Gasteiger partial charge in [0, 0.05) is 5.56 Å². The summed E-state index contributed by atoms with van der Waals surface area (Å²) in [6.45, 7) is 0. The second-order valence-electron chi connectivity index (χ2n) is 3.65. The molecule has 0 unspecified atom stereocenters. The summed E-state index contributed by atoms with van der Waals surface area (Å²) >= 11 is 3.75. The number of aromatic nitrogens is 1. The number of phenols is 1. The van der Waals surface area contributed by atoms with E-state index < -0.39 is 0 Å². The van der Waals surface area contributed by atoms with E-state index in [2.05, 4.69) is 33.6 Å². The van der Waals surface area contributed by atoms with Gasteiger partial charge in [0.25, 0.3) is 0 Å². The predicted molar refractivity (Wildman–Crippen MR) is 79.4 cm³/mol. The molecule has 0 saturated carbocycles. The molecule has 0 aliphatic rings.